The molecule has 1 amide bonds. The number of amides is 1. The molecule has 116 valence electrons. The lowest BCUT2D eigenvalue weighted by Gasteiger charge is -2.11. The van der Waals surface area contributed by atoms with Gasteiger partial charge in [-0.3, -0.25) is 9.69 Å². The Morgan fingerprint density at radius 2 is 2.24 bits per heavy atom. The summed E-state index contributed by atoms with van der Waals surface area (Å²) in [7, 11) is -3.39. The van der Waals surface area contributed by atoms with Gasteiger partial charge in [0.2, 0.25) is 5.91 Å². The number of hydrogen-bond donors (Lipinski definition) is 0. The molecule has 0 aromatic carbocycles. The van der Waals surface area contributed by atoms with Gasteiger partial charge in [-0.2, -0.15) is 8.42 Å². The van der Waals surface area contributed by atoms with Crippen molar-refractivity contribution in [2.75, 3.05) is 24.3 Å². The highest BCUT2D eigenvalue weighted by Crippen LogP contribution is 2.31. The van der Waals surface area contributed by atoms with Gasteiger partial charge in [0.05, 0.1) is 18.6 Å². The lowest BCUT2D eigenvalue weighted by atomic mass is 10.1. The maximum Gasteiger partial charge on any atom is 0.350 e. The maximum absolute atomic E-state index is 12.7. The van der Waals surface area contributed by atoms with Gasteiger partial charge in [0.1, 0.15) is 4.88 Å². The van der Waals surface area contributed by atoms with Crippen molar-refractivity contribution in [3.63, 3.8) is 0 Å². The van der Waals surface area contributed by atoms with Gasteiger partial charge in [0, 0.05) is 18.9 Å². The number of anilines is 1. The fraction of sp³-hybridized carbons (Fsp3) is 0.545. The third kappa shape index (κ3) is 3.56. The zero-order chi connectivity index (χ0) is 15.8. The number of hydrogen-bond acceptors (Lipinski definition) is 7. The summed E-state index contributed by atoms with van der Waals surface area (Å²) < 4.78 is 38.6. The smallest absolute Gasteiger partial charge is 0.350 e. The molecule has 0 bridgehead atoms. The quantitative estimate of drug-likeness (QED) is 0.599. The highest BCUT2D eigenvalue weighted by molar-refractivity contribution is 7.86. The predicted molar refractivity (Wildman–Crippen MR) is 73.5 cm³/mol. The van der Waals surface area contributed by atoms with Gasteiger partial charge in [-0.15, -0.1) is 3.89 Å². The molecule has 0 aliphatic carbocycles. The Morgan fingerprint density at radius 1 is 1.57 bits per heavy atom. The molecule has 1 aliphatic rings. The second-order valence-electron chi connectivity index (χ2n) is 4.68. The van der Waals surface area contributed by atoms with Crippen LogP contribution in [0.15, 0.2) is 0 Å². The van der Waals surface area contributed by atoms with Crippen LogP contribution in [0.1, 0.15) is 21.8 Å². The zero-order valence-corrected chi connectivity index (χ0v) is 13.0. The van der Waals surface area contributed by atoms with Gasteiger partial charge in [-0.05, 0) is 6.92 Å². The van der Waals surface area contributed by atoms with E-state index in [1.807, 2.05) is 0 Å². The molecule has 10 heteroatoms. The second-order valence-corrected chi connectivity index (χ2v) is 7.07. The van der Waals surface area contributed by atoms with Crippen molar-refractivity contribution < 1.29 is 26.6 Å². The molecule has 1 fully saturated rings. The normalized spacial score (nSPS) is 19.1. The van der Waals surface area contributed by atoms with Gasteiger partial charge in [0.25, 0.3) is 0 Å². The Kier molecular flexibility index (Phi) is 4.28. The van der Waals surface area contributed by atoms with Crippen molar-refractivity contribution in [1.29, 1.82) is 0 Å². The topological polar surface area (TPSA) is 93.6 Å². The molecule has 1 aromatic rings. The minimum atomic E-state index is -4.63. The average molecular weight is 336 g/mol. The van der Waals surface area contributed by atoms with E-state index in [0.29, 0.717) is 5.69 Å². The minimum absolute atomic E-state index is 0.0602. The van der Waals surface area contributed by atoms with Crippen molar-refractivity contribution in [1.82, 2.24) is 4.98 Å². The maximum atomic E-state index is 12.7. The summed E-state index contributed by atoms with van der Waals surface area (Å²) in [6, 6.07) is 0. The van der Waals surface area contributed by atoms with Gasteiger partial charge in [-0.1, -0.05) is 11.3 Å². The lowest BCUT2D eigenvalue weighted by Crippen LogP contribution is -2.25. The molecule has 2 heterocycles. The third-order valence-corrected chi connectivity index (χ3v) is 5.06. The highest BCUT2D eigenvalue weighted by Gasteiger charge is 2.35. The number of aryl methyl sites for hydroxylation is 1. The van der Waals surface area contributed by atoms with E-state index >= 15 is 0 Å². The molecule has 0 radical (unpaired) electrons. The number of esters is 1. The van der Waals surface area contributed by atoms with E-state index in [0.717, 1.165) is 11.3 Å². The van der Waals surface area contributed by atoms with Crippen molar-refractivity contribution in [3.05, 3.63) is 10.6 Å². The van der Waals surface area contributed by atoms with E-state index < -0.39 is 27.9 Å². The van der Waals surface area contributed by atoms with Gasteiger partial charge >= 0.3 is 16.2 Å². The van der Waals surface area contributed by atoms with Crippen molar-refractivity contribution >= 4 is 38.6 Å². The van der Waals surface area contributed by atoms with Crippen LogP contribution in [-0.4, -0.2) is 44.7 Å². The van der Waals surface area contributed by atoms with Crippen molar-refractivity contribution in [2.45, 2.75) is 13.3 Å². The summed E-state index contributed by atoms with van der Waals surface area (Å²) >= 11 is 0.989. The number of halogens is 1. The summed E-state index contributed by atoms with van der Waals surface area (Å²) in [5.41, 5.74) is 0.427. The standard InChI is InChI=1S/C11H13FN2O5S2/c1-6-9(10(16)19-2)20-11(13-6)14-4-7(3-8(14)15)5-21(12,17)18/h7H,3-5H2,1-2H3. The van der Waals surface area contributed by atoms with E-state index in [2.05, 4.69) is 9.72 Å². The first-order chi connectivity index (χ1) is 9.71. The van der Waals surface area contributed by atoms with Crippen LogP contribution in [0, 0.1) is 12.8 Å². The summed E-state index contributed by atoms with van der Waals surface area (Å²) in [6.45, 7) is 1.67. The molecule has 1 aliphatic heterocycles. The Morgan fingerprint density at radius 3 is 2.81 bits per heavy atom. The molecular formula is C11H13FN2O5S2. The van der Waals surface area contributed by atoms with E-state index in [1.165, 1.54) is 12.0 Å². The minimum Gasteiger partial charge on any atom is -0.465 e. The van der Waals surface area contributed by atoms with Crippen LogP contribution in [0.2, 0.25) is 0 Å². The Hall–Kier alpha value is -1.55. The van der Waals surface area contributed by atoms with E-state index in [9.17, 15) is 21.9 Å². The predicted octanol–water partition coefficient (Wildman–Crippen LogP) is 0.890. The van der Waals surface area contributed by atoms with E-state index in [1.54, 1.807) is 6.92 Å². The van der Waals surface area contributed by atoms with Crippen LogP contribution in [0.25, 0.3) is 0 Å². The van der Waals surface area contributed by atoms with Crippen LogP contribution >= 0.6 is 11.3 Å². The molecule has 0 saturated carbocycles. The van der Waals surface area contributed by atoms with E-state index in [4.69, 9.17) is 0 Å². The molecule has 2 rings (SSSR count). The molecule has 1 aromatic heterocycles. The first-order valence-electron chi connectivity index (χ1n) is 5.99. The van der Waals surface area contributed by atoms with Crippen LogP contribution in [-0.2, 0) is 19.8 Å². The van der Waals surface area contributed by atoms with Gasteiger partial charge < -0.3 is 4.74 Å². The number of aromatic nitrogens is 1. The number of carbonyl (C=O) groups excluding carboxylic acids is 2. The summed E-state index contributed by atoms with van der Waals surface area (Å²) in [4.78, 5) is 29.1. The fourth-order valence-electron chi connectivity index (χ4n) is 2.14. The first kappa shape index (κ1) is 15.8. The van der Waals surface area contributed by atoms with Crippen LogP contribution in [0.5, 0.6) is 0 Å². The van der Waals surface area contributed by atoms with E-state index in [-0.39, 0.29) is 28.9 Å². The lowest BCUT2D eigenvalue weighted by molar-refractivity contribution is -0.117. The van der Waals surface area contributed by atoms with Gasteiger partial charge in [-0.25, -0.2) is 9.78 Å². The van der Waals surface area contributed by atoms with Crippen molar-refractivity contribution in [3.8, 4) is 0 Å². The number of nitrogens with zero attached hydrogens (tertiary/aromatic N) is 2. The monoisotopic (exact) mass is 336 g/mol. The molecule has 0 spiro atoms. The SMILES string of the molecule is COC(=O)c1sc(N2CC(CS(=O)(=O)F)CC2=O)nc1C. The van der Waals surface area contributed by atoms with Crippen LogP contribution in [0.3, 0.4) is 0 Å². The third-order valence-electron chi connectivity index (χ3n) is 3.03. The number of methoxy groups -OCH3 is 1. The molecular weight excluding hydrogens is 323 g/mol. The largest absolute Gasteiger partial charge is 0.465 e. The Labute approximate surface area is 124 Å². The molecule has 1 atom stereocenters. The second kappa shape index (κ2) is 5.68. The Balaban J connectivity index is 2.19. The zero-order valence-electron chi connectivity index (χ0n) is 11.3. The summed E-state index contributed by atoms with van der Waals surface area (Å²) in [6.07, 6.45) is -0.0602. The fourth-order valence-corrected chi connectivity index (χ4v) is 3.94. The molecule has 0 N–H and O–H groups in total. The molecule has 1 saturated heterocycles. The summed E-state index contributed by atoms with van der Waals surface area (Å²) in [5, 5.41) is 0.289. The molecule has 7 nitrogen and oxygen atoms in total. The molecule has 21 heavy (non-hydrogen) atoms. The first-order valence-corrected chi connectivity index (χ1v) is 8.36. The average Bonchev–Trinajstić information content (AvgIpc) is 2.89. The highest BCUT2D eigenvalue weighted by atomic mass is 32.3. The van der Waals surface area contributed by atoms with Crippen LogP contribution < -0.4 is 4.90 Å². The number of carbonyl (C=O) groups is 2. The number of thiazole rings is 1. The number of rotatable bonds is 4. The van der Waals surface area contributed by atoms with Crippen LogP contribution in [0.4, 0.5) is 9.02 Å². The summed E-state index contributed by atoms with van der Waals surface area (Å²) in [5.74, 6) is -2.19. The molecule has 1 unspecified atom stereocenters. The van der Waals surface area contributed by atoms with Crippen molar-refractivity contribution in [2.24, 2.45) is 5.92 Å². The van der Waals surface area contributed by atoms with Gasteiger partial charge in [0.15, 0.2) is 5.13 Å². The Bertz CT molecular complexity index is 685. The number of ether oxygens (including phenoxy) is 1.